The van der Waals surface area contributed by atoms with E-state index in [0.717, 1.165) is 37.1 Å². The fraction of sp³-hybridized carbons (Fsp3) is 0.636. The molecule has 0 spiro atoms. The first kappa shape index (κ1) is 10.7. The monoisotopic (exact) mass is 226 g/mol. The quantitative estimate of drug-likeness (QED) is 0.727. The molecule has 1 aromatic rings. The van der Waals surface area contributed by atoms with Crippen LogP contribution in [0.15, 0.2) is 0 Å². The third-order valence-corrected chi connectivity index (χ3v) is 3.21. The number of aromatic nitrogens is 2. The maximum absolute atomic E-state index is 11.0. The molecule has 82 valence electrons. The van der Waals surface area contributed by atoms with Gasteiger partial charge in [-0.25, -0.2) is 4.98 Å². The SMILES string of the molecule is CC(C)c1nc(Cl)c2n1C(C=O)CCC2. The molecule has 2 rings (SSSR count). The van der Waals surface area contributed by atoms with Crippen LogP contribution in [0.2, 0.25) is 5.15 Å². The van der Waals surface area contributed by atoms with Gasteiger partial charge in [0.05, 0.1) is 11.7 Å². The summed E-state index contributed by atoms with van der Waals surface area (Å²) < 4.78 is 2.03. The summed E-state index contributed by atoms with van der Waals surface area (Å²) in [6, 6.07) is -0.0638. The zero-order valence-electron chi connectivity index (χ0n) is 9.03. The molecular weight excluding hydrogens is 212 g/mol. The highest BCUT2D eigenvalue weighted by Gasteiger charge is 2.26. The van der Waals surface area contributed by atoms with Crippen molar-refractivity contribution in [3.05, 3.63) is 16.7 Å². The number of hydrogen-bond donors (Lipinski definition) is 0. The molecule has 0 fully saturated rings. The van der Waals surface area contributed by atoms with Crippen LogP contribution in [0.1, 0.15) is 50.2 Å². The number of carbonyl (C=O) groups is 1. The lowest BCUT2D eigenvalue weighted by molar-refractivity contribution is -0.111. The minimum Gasteiger partial charge on any atom is -0.320 e. The lowest BCUT2D eigenvalue weighted by atomic mass is 10.0. The molecule has 0 N–H and O–H groups in total. The van der Waals surface area contributed by atoms with E-state index < -0.39 is 0 Å². The van der Waals surface area contributed by atoms with Gasteiger partial charge < -0.3 is 9.36 Å². The first-order valence-corrected chi connectivity index (χ1v) is 5.74. The molecule has 0 amide bonds. The molecule has 0 bridgehead atoms. The normalized spacial score (nSPS) is 20.4. The molecule has 0 radical (unpaired) electrons. The van der Waals surface area contributed by atoms with Crippen LogP contribution in [0.5, 0.6) is 0 Å². The Morgan fingerprint density at radius 2 is 2.33 bits per heavy atom. The highest BCUT2D eigenvalue weighted by Crippen LogP contribution is 2.32. The van der Waals surface area contributed by atoms with E-state index in [9.17, 15) is 4.79 Å². The first-order valence-electron chi connectivity index (χ1n) is 5.37. The smallest absolute Gasteiger partial charge is 0.150 e. The molecule has 4 heteroatoms. The predicted molar refractivity (Wildman–Crippen MR) is 59.4 cm³/mol. The molecule has 1 aliphatic heterocycles. The molecule has 1 atom stereocenters. The Balaban J connectivity index is 2.55. The Labute approximate surface area is 94.4 Å². The molecule has 0 aromatic carbocycles. The number of rotatable bonds is 2. The summed E-state index contributed by atoms with van der Waals surface area (Å²) in [4.78, 5) is 15.4. The minimum atomic E-state index is -0.0638. The topological polar surface area (TPSA) is 34.9 Å². The molecule has 0 saturated carbocycles. The van der Waals surface area contributed by atoms with Gasteiger partial charge in [0, 0.05) is 5.92 Å². The van der Waals surface area contributed by atoms with Crippen LogP contribution in [0, 0.1) is 0 Å². The van der Waals surface area contributed by atoms with Gasteiger partial charge in [0.25, 0.3) is 0 Å². The van der Waals surface area contributed by atoms with Crippen molar-refractivity contribution >= 4 is 17.9 Å². The van der Waals surface area contributed by atoms with Gasteiger partial charge in [-0.2, -0.15) is 0 Å². The fourth-order valence-corrected chi connectivity index (χ4v) is 2.47. The van der Waals surface area contributed by atoms with E-state index in [4.69, 9.17) is 11.6 Å². The van der Waals surface area contributed by atoms with E-state index in [1.54, 1.807) is 0 Å². The summed E-state index contributed by atoms with van der Waals surface area (Å²) in [5, 5.41) is 0.574. The van der Waals surface area contributed by atoms with Gasteiger partial charge in [-0.05, 0) is 19.3 Å². The van der Waals surface area contributed by atoms with Crippen molar-refractivity contribution in [3.63, 3.8) is 0 Å². The Hall–Kier alpha value is -0.830. The van der Waals surface area contributed by atoms with Gasteiger partial charge in [0.1, 0.15) is 12.1 Å². The van der Waals surface area contributed by atoms with Crippen LogP contribution < -0.4 is 0 Å². The second kappa shape index (κ2) is 3.97. The highest BCUT2D eigenvalue weighted by molar-refractivity contribution is 6.30. The minimum absolute atomic E-state index is 0.0638. The van der Waals surface area contributed by atoms with E-state index in [1.807, 2.05) is 4.57 Å². The summed E-state index contributed by atoms with van der Waals surface area (Å²) >= 11 is 6.08. The second-order valence-electron chi connectivity index (χ2n) is 4.33. The average Bonchev–Trinajstić information content (AvgIpc) is 2.56. The lowest BCUT2D eigenvalue weighted by Gasteiger charge is -2.24. The first-order chi connectivity index (χ1) is 7.15. The van der Waals surface area contributed by atoms with E-state index in [1.165, 1.54) is 0 Å². The summed E-state index contributed by atoms with van der Waals surface area (Å²) in [5.74, 6) is 1.24. The van der Waals surface area contributed by atoms with E-state index in [0.29, 0.717) is 11.1 Å². The van der Waals surface area contributed by atoms with Gasteiger partial charge in [0.15, 0.2) is 5.15 Å². The molecule has 1 unspecified atom stereocenters. The van der Waals surface area contributed by atoms with Crippen LogP contribution >= 0.6 is 11.6 Å². The van der Waals surface area contributed by atoms with Crippen molar-refractivity contribution in [3.8, 4) is 0 Å². The molecular formula is C11H15ClN2O. The zero-order valence-corrected chi connectivity index (χ0v) is 9.79. The van der Waals surface area contributed by atoms with Crippen LogP contribution in [0.4, 0.5) is 0 Å². The number of imidazole rings is 1. The molecule has 1 aliphatic rings. The number of aldehydes is 1. The molecule has 15 heavy (non-hydrogen) atoms. The maximum atomic E-state index is 11.0. The molecule has 0 aliphatic carbocycles. The lowest BCUT2D eigenvalue weighted by Crippen LogP contribution is -2.21. The fourth-order valence-electron chi connectivity index (χ4n) is 2.19. The van der Waals surface area contributed by atoms with Crippen molar-refractivity contribution in [2.24, 2.45) is 0 Å². The Morgan fingerprint density at radius 3 is 2.93 bits per heavy atom. The van der Waals surface area contributed by atoms with E-state index in [-0.39, 0.29) is 6.04 Å². The standard InChI is InChI=1S/C11H15ClN2O/c1-7(2)11-13-10(12)9-5-3-4-8(6-15)14(9)11/h6-8H,3-5H2,1-2H3. The molecule has 2 heterocycles. The summed E-state index contributed by atoms with van der Waals surface area (Å²) in [7, 11) is 0. The van der Waals surface area contributed by atoms with Crippen molar-refractivity contribution in [1.29, 1.82) is 0 Å². The second-order valence-corrected chi connectivity index (χ2v) is 4.69. The third-order valence-electron chi connectivity index (χ3n) is 2.91. The van der Waals surface area contributed by atoms with Crippen molar-refractivity contribution in [2.75, 3.05) is 0 Å². The number of carbonyl (C=O) groups excluding carboxylic acids is 1. The zero-order chi connectivity index (χ0) is 11.0. The van der Waals surface area contributed by atoms with E-state index >= 15 is 0 Å². The van der Waals surface area contributed by atoms with Crippen molar-refractivity contribution < 1.29 is 4.79 Å². The number of nitrogens with zero attached hydrogens (tertiary/aromatic N) is 2. The van der Waals surface area contributed by atoms with Crippen LogP contribution in [0.3, 0.4) is 0 Å². The van der Waals surface area contributed by atoms with Gasteiger partial charge in [-0.3, -0.25) is 0 Å². The van der Waals surface area contributed by atoms with Crippen molar-refractivity contribution in [2.45, 2.75) is 45.1 Å². The van der Waals surface area contributed by atoms with Gasteiger partial charge in [0.2, 0.25) is 0 Å². The molecule has 3 nitrogen and oxygen atoms in total. The van der Waals surface area contributed by atoms with E-state index in [2.05, 4.69) is 18.8 Å². The largest absolute Gasteiger partial charge is 0.320 e. The molecule has 0 saturated heterocycles. The van der Waals surface area contributed by atoms with Crippen LogP contribution in [0.25, 0.3) is 0 Å². The van der Waals surface area contributed by atoms with Crippen molar-refractivity contribution in [1.82, 2.24) is 9.55 Å². The third kappa shape index (κ3) is 1.69. The summed E-state index contributed by atoms with van der Waals surface area (Å²) in [6.45, 7) is 4.14. The number of halogens is 1. The Kier molecular flexibility index (Phi) is 2.83. The van der Waals surface area contributed by atoms with Crippen LogP contribution in [-0.4, -0.2) is 15.8 Å². The number of fused-ring (bicyclic) bond motifs is 1. The summed E-state index contributed by atoms with van der Waals surface area (Å²) in [5.41, 5.74) is 1.03. The Morgan fingerprint density at radius 1 is 1.60 bits per heavy atom. The highest BCUT2D eigenvalue weighted by atomic mass is 35.5. The van der Waals surface area contributed by atoms with Gasteiger partial charge in [-0.15, -0.1) is 0 Å². The Bertz CT molecular complexity index is 384. The predicted octanol–water partition coefficient (Wildman–Crippen LogP) is 2.74. The average molecular weight is 227 g/mol. The summed E-state index contributed by atoms with van der Waals surface area (Å²) in [6.07, 6.45) is 3.87. The van der Waals surface area contributed by atoms with Gasteiger partial charge in [-0.1, -0.05) is 25.4 Å². The van der Waals surface area contributed by atoms with Gasteiger partial charge >= 0.3 is 0 Å². The number of hydrogen-bond acceptors (Lipinski definition) is 2. The maximum Gasteiger partial charge on any atom is 0.150 e. The van der Waals surface area contributed by atoms with Crippen LogP contribution in [-0.2, 0) is 11.2 Å². The molecule has 1 aromatic heterocycles.